The molecule has 4 rings (SSSR count). The lowest BCUT2D eigenvalue weighted by Gasteiger charge is -2.18. The van der Waals surface area contributed by atoms with Crippen molar-refractivity contribution >= 4 is 39.7 Å². The van der Waals surface area contributed by atoms with E-state index in [4.69, 9.17) is 16.3 Å². The molecular formula is C18H20ClN7O. The number of aromatic amines is 1. The van der Waals surface area contributed by atoms with Crippen molar-refractivity contribution in [1.82, 2.24) is 30.3 Å². The van der Waals surface area contributed by atoms with Crippen molar-refractivity contribution in [3.05, 3.63) is 47.2 Å². The van der Waals surface area contributed by atoms with Crippen molar-refractivity contribution < 1.29 is 4.74 Å². The quantitative estimate of drug-likeness (QED) is 0.623. The monoisotopic (exact) mass is 385 g/mol. The van der Waals surface area contributed by atoms with E-state index in [1.54, 1.807) is 10.9 Å². The van der Waals surface area contributed by atoms with Gasteiger partial charge in [-0.1, -0.05) is 11.6 Å². The number of aromatic nitrogens is 5. The Morgan fingerprint density at radius 1 is 1.30 bits per heavy atom. The van der Waals surface area contributed by atoms with Crippen LogP contribution in [0.5, 0.6) is 0 Å². The molecule has 140 valence electrons. The molecule has 1 aromatic carbocycles. The number of hydrogen-bond acceptors (Lipinski definition) is 6. The van der Waals surface area contributed by atoms with Crippen LogP contribution in [-0.2, 0) is 11.8 Å². The number of nitrogens with zero attached hydrogens (tertiary/aromatic N) is 4. The number of hydrogen-bond donors (Lipinski definition) is 3. The highest BCUT2D eigenvalue weighted by molar-refractivity contribution is 6.38. The van der Waals surface area contributed by atoms with Gasteiger partial charge in [-0.2, -0.15) is 10.1 Å². The third-order valence-electron chi connectivity index (χ3n) is 4.11. The summed E-state index contributed by atoms with van der Waals surface area (Å²) in [6, 6.07) is 3.80. The van der Waals surface area contributed by atoms with Gasteiger partial charge in [0, 0.05) is 24.6 Å². The third kappa shape index (κ3) is 3.48. The molecule has 0 radical (unpaired) electrons. The first-order valence-corrected chi connectivity index (χ1v) is 9.00. The van der Waals surface area contributed by atoms with Gasteiger partial charge >= 0.3 is 0 Å². The molecule has 0 saturated heterocycles. The average Bonchev–Trinajstić information content (AvgIpc) is 3.25. The number of ether oxygens (including phenoxy) is 1. The Hall–Kier alpha value is -3.00. The molecule has 9 heteroatoms. The first kappa shape index (κ1) is 17.4. The Labute approximate surface area is 161 Å². The molecule has 0 saturated carbocycles. The number of fused-ring (bicyclic) bond motifs is 1. The molecule has 0 atom stereocenters. The second kappa shape index (κ2) is 6.96. The zero-order chi connectivity index (χ0) is 19.0. The fraction of sp³-hybridized carbons (Fsp3) is 0.278. The number of halogens is 1. The number of benzene rings is 1. The number of dihydropyridines is 1. The maximum absolute atomic E-state index is 6.48. The molecule has 0 aliphatic carbocycles. The molecule has 0 fully saturated rings. The molecule has 3 N–H and O–H groups in total. The lowest BCUT2D eigenvalue weighted by Crippen LogP contribution is -2.23. The first-order chi connectivity index (χ1) is 13.0. The van der Waals surface area contributed by atoms with Crippen LogP contribution in [0.4, 0.5) is 11.6 Å². The van der Waals surface area contributed by atoms with Crippen LogP contribution >= 0.6 is 11.6 Å². The lowest BCUT2D eigenvalue weighted by molar-refractivity contribution is 0.132. The summed E-state index contributed by atoms with van der Waals surface area (Å²) in [6.45, 7) is 4.59. The Morgan fingerprint density at radius 2 is 2.15 bits per heavy atom. The second-order valence-electron chi connectivity index (χ2n) is 6.51. The number of aryl methyl sites for hydroxylation is 1. The standard InChI is InChI=1S/C18H20ClN7O/c1-10(2)27-15-7-4-11(8-20-15)17-23-18(26(3)25-17)22-14-6-5-13-12(16(14)19)9-21-24-13/h4-7,9-10,20H,8H2,1-3H3,(H,21,24)(H,22,23,25). The fourth-order valence-electron chi connectivity index (χ4n) is 2.79. The molecule has 1 aliphatic heterocycles. The van der Waals surface area contributed by atoms with Crippen LogP contribution in [0.2, 0.25) is 5.02 Å². The predicted octanol–water partition coefficient (Wildman–Crippen LogP) is 3.34. The SMILES string of the molecule is CC(C)OC1=CC=C(c2nc(Nc3ccc4[nH]ncc4c3Cl)n(C)n2)CN1. The van der Waals surface area contributed by atoms with E-state index in [2.05, 4.69) is 30.9 Å². The zero-order valence-corrected chi connectivity index (χ0v) is 16.0. The van der Waals surface area contributed by atoms with Crippen LogP contribution in [0, 0.1) is 0 Å². The van der Waals surface area contributed by atoms with Gasteiger partial charge in [-0.15, -0.1) is 5.10 Å². The maximum Gasteiger partial charge on any atom is 0.225 e. The topological polar surface area (TPSA) is 92.7 Å². The summed E-state index contributed by atoms with van der Waals surface area (Å²) in [5.41, 5.74) is 2.61. The van der Waals surface area contributed by atoms with Crippen LogP contribution in [0.1, 0.15) is 19.7 Å². The summed E-state index contributed by atoms with van der Waals surface area (Å²) in [5.74, 6) is 2.00. The minimum Gasteiger partial charge on any atom is -0.476 e. The van der Waals surface area contributed by atoms with E-state index in [0.29, 0.717) is 23.3 Å². The number of H-pyrrole nitrogens is 1. The van der Waals surface area contributed by atoms with E-state index in [0.717, 1.165) is 28.0 Å². The molecule has 27 heavy (non-hydrogen) atoms. The maximum atomic E-state index is 6.48. The lowest BCUT2D eigenvalue weighted by atomic mass is 10.2. The summed E-state index contributed by atoms with van der Waals surface area (Å²) < 4.78 is 7.34. The number of rotatable bonds is 5. The van der Waals surface area contributed by atoms with Gasteiger partial charge in [0.15, 0.2) is 11.7 Å². The van der Waals surface area contributed by atoms with Gasteiger partial charge in [0.25, 0.3) is 0 Å². The highest BCUT2D eigenvalue weighted by Gasteiger charge is 2.16. The van der Waals surface area contributed by atoms with E-state index >= 15 is 0 Å². The summed E-state index contributed by atoms with van der Waals surface area (Å²) in [6.07, 6.45) is 5.69. The Kier molecular flexibility index (Phi) is 4.49. The molecule has 0 amide bonds. The predicted molar refractivity (Wildman–Crippen MR) is 106 cm³/mol. The Bertz CT molecular complexity index is 1050. The van der Waals surface area contributed by atoms with Gasteiger partial charge in [0.2, 0.25) is 5.95 Å². The molecule has 3 aromatic rings. The van der Waals surface area contributed by atoms with Crippen LogP contribution in [0.15, 0.2) is 36.4 Å². The van der Waals surface area contributed by atoms with Crippen molar-refractivity contribution in [2.45, 2.75) is 20.0 Å². The Morgan fingerprint density at radius 3 is 2.89 bits per heavy atom. The van der Waals surface area contributed by atoms with E-state index in [9.17, 15) is 0 Å². The van der Waals surface area contributed by atoms with Crippen LogP contribution in [0.3, 0.4) is 0 Å². The van der Waals surface area contributed by atoms with Gasteiger partial charge in [-0.25, -0.2) is 4.68 Å². The summed E-state index contributed by atoms with van der Waals surface area (Å²) >= 11 is 6.48. The summed E-state index contributed by atoms with van der Waals surface area (Å²) in [4.78, 5) is 4.60. The van der Waals surface area contributed by atoms with E-state index in [1.165, 1.54) is 0 Å². The number of nitrogens with one attached hydrogen (secondary N) is 3. The smallest absolute Gasteiger partial charge is 0.225 e. The molecule has 8 nitrogen and oxygen atoms in total. The molecule has 3 heterocycles. The van der Waals surface area contributed by atoms with Crippen molar-refractivity contribution in [3.63, 3.8) is 0 Å². The van der Waals surface area contributed by atoms with Gasteiger partial charge < -0.3 is 15.4 Å². The van der Waals surface area contributed by atoms with Gasteiger partial charge in [0.05, 0.1) is 28.5 Å². The van der Waals surface area contributed by atoms with Crippen LogP contribution in [-0.4, -0.2) is 37.6 Å². The average molecular weight is 386 g/mol. The van der Waals surface area contributed by atoms with Crippen molar-refractivity contribution in [3.8, 4) is 0 Å². The fourth-order valence-corrected chi connectivity index (χ4v) is 3.06. The van der Waals surface area contributed by atoms with Crippen LogP contribution < -0.4 is 10.6 Å². The molecular weight excluding hydrogens is 366 g/mol. The number of allylic oxidation sites excluding steroid dienone is 2. The largest absolute Gasteiger partial charge is 0.476 e. The number of anilines is 2. The highest BCUT2D eigenvalue weighted by Crippen LogP contribution is 2.31. The molecule has 1 aliphatic rings. The highest BCUT2D eigenvalue weighted by atomic mass is 35.5. The molecule has 2 aromatic heterocycles. The van der Waals surface area contributed by atoms with E-state index in [1.807, 2.05) is 45.2 Å². The van der Waals surface area contributed by atoms with Gasteiger partial charge in [-0.3, -0.25) is 5.10 Å². The third-order valence-corrected chi connectivity index (χ3v) is 4.51. The second-order valence-corrected chi connectivity index (χ2v) is 6.89. The van der Waals surface area contributed by atoms with Crippen molar-refractivity contribution in [2.24, 2.45) is 7.05 Å². The summed E-state index contributed by atoms with van der Waals surface area (Å²) in [5, 5.41) is 19.3. The van der Waals surface area contributed by atoms with Gasteiger partial charge in [-0.05, 0) is 38.1 Å². The molecule has 0 bridgehead atoms. The minimum absolute atomic E-state index is 0.125. The normalized spacial score (nSPS) is 14.1. The molecule has 0 spiro atoms. The van der Waals surface area contributed by atoms with Crippen molar-refractivity contribution in [1.29, 1.82) is 0 Å². The van der Waals surface area contributed by atoms with Crippen LogP contribution in [0.25, 0.3) is 16.5 Å². The molecule has 0 unspecified atom stereocenters. The van der Waals surface area contributed by atoms with Crippen molar-refractivity contribution in [2.75, 3.05) is 11.9 Å². The first-order valence-electron chi connectivity index (χ1n) is 8.62. The summed E-state index contributed by atoms with van der Waals surface area (Å²) in [7, 11) is 1.84. The van der Waals surface area contributed by atoms with Gasteiger partial charge in [0.1, 0.15) is 0 Å². The van der Waals surface area contributed by atoms with E-state index in [-0.39, 0.29) is 6.10 Å². The minimum atomic E-state index is 0.125. The zero-order valence-electron chi connectivity index (χ0n) is 15.2. The Balaban J connectivity index is 1.57. The van der Waals surface area contributed by atoms with E-state index < -0.39 is 0 Å².